The first-order valence-electron chi connectivity index (χ1n) is 6.68. The van der Waals surface area contributed by atoms with Gasteiger partial charge in [-0.05, 0) is 31.9 Å². The SMILES string of the molecule is CC(CS(C)(=O)=O)NS(=O)(=O)c1ccc(CNC2CC2)o1. The predicted molar refractivity (Wildman–Crippen MR) is 78.1 cm³/mol. The van der Waals surface area contributed by atoms with E-state index in [1.807, 2.05) is 0 Å². The van der Waals surface area contributed by atoms with Crippen molar-refractivity contribution in [3.8, 4) is 0 Å². The maximum absolute atomic E-state index is 12.1. The van der Waals surface area contributed by atoms with Gasteiger partial charge in [-0.2, -0.15) is 0 Å². The van der Waals surface area contributed by atoms with Gasteiger partial charge in [0.25, 0.3) is 10.0 Å². The Morgan fingerprint density at radius 1 is 1.29 bits per heavy atom. The molecule has 1 saturated carbocycles. The van der Waals surface area contributed by atoms with E-state index in [1.165, 1.54) is 13.0 Å². The van der Waals surface area contributed by atoms with Crippen LogP contribution in [0.5, 0.6) is 0 Å². The molecule has 0 amide bonds. The van der Waals surface area contributed by atoms with Gasteiger partial charge in [-0.25, -0.2) is 21.6 Å². The molecule has 7 nitrogen and oxygen atoms in total. The molecule has 1 aromatic rings. The highest BCUT2D eigenvalue weighted by Gasteiger charge is 2.24. The summed E-state index contributed by atoms with van der Waals surface area (Å²) in [5.41, 5.74) is 0. The largest absolute Gasteiger partial charge is 0.447 e. The minimum absolute atomic E-state index is 0.199. The average molecular weight is 336 g/mol. The number of sulfone groups is 1. The first kappa shape index (κ1) is 16.5. The van der Waals surface area contributed by atoms with Crippen molar-refractivity contribution in [3.05, 3.63) is 17.9 Å². The van der Waals surface area contributed by atoms with Crippen molar-refractivity contribution in [1.82, 2.24) is 10.0 Å². The third kappa shape index (κ3) is 5.42. The maximum atomic E-state index is 12.1. The fourth-order valence-corrected chi connectivity index (χ4v) is 4.23. The Kier molecular flexibility index (Phi) is 4.76. The zero-order chi connectivity index (χ0) is 15.7. The number of furan rings is 1. The van der Waals surface area contributed by atoms with Gasteiger partial charge in [-0.1, -0.05) is 0 Å². The number of hydrogen-bond donors (Lipinski definition) is 2. The van der Waals surface area contributed by atoms with E-state index in [2.05, 4.69) is 10.0 Å². The van der Waals surface area contributed by atoms with Crippen LogP contribution in [-0.2, 0) is 26.4 Å². The Labute approximate surface area is 125 Å². The Morgan fingerprint density at radius 2 is 1.95 bits per heavy atom. The standard InChI is InChI=1S/C12H20N2O5S2/c1-9(8-20(2,15)16)14-21(17,18)12-6-5-11(19-12)7-13-10-3-4-10/h5-6,9-10,13-14H,3-4,7-8H2,1-2H3. The minimum Gasteiger partial charge on any atom is -0.447 e. The molecule has 0 aliphatic heterocycles. The second-order valence-corrected chi connectivity index (χ2v) is 9.32. The van der Waals surface area contributed by atoms with Gasteiger partial charge < -0.3 is 9.73 Å². The van der Waals surface area contributed by atoms with E-state index in [1.54, 1.807) is 6.07 Å². The van der Waals surface area contributed by atoms with Crippen molar-refractivity contribution < 1.29 is 21.3 Å². The molecule has 0 aromatic carbocycles. The molecule has 1 fully saturated rings. The van der Waals surface area contributed by atoms with E-state index in [-0.39, 0.29) is 10.8 Å². The van der Waals surface area contributed by atoms with Crippen molar-refractivity contribution in [2.24, 2.45) is 0 Å². The van der Waals surface area contributed by atoms with Crippen LogP contribution < -0.4 is 10.0 Å². The summed E-state index contributed by atoms with van der Waals surface area (Å²) >= 11 is 0. The summed E-state index contributed by atoms with van der Waals surface area (Å²) in [7, 11) is -7.09. The first-order valence-corrected chi connectivity index (χ1v) is 10.2. The van der Waals surface area contributed by atoms with E-state index >= 15 is 0 Å². The zero-order valence-electron chi connectivity index (χ0n) is 12.0. The van der Waals surface area contributed by atoms with Crippen LogP contribution in [0.25, 0.3) is 0 Å². The van der Waals surface area contributed by atoms with E-state index in [4.69, 9.17) is 4.42 Å². The lowest BCUT2D eigenvalue weighted by molar-refractivity contribution is 0.398. The van der Waals surface area contributed by atoms with Crippen LogP contribution in [0.2, 0.25) is 0 Å². The Morgan fingerprint density at radius 3 is 2.52 bits per heavy atom. The van der Waals surface area contributed by atoms with Crippen molar-refractivity contribution >= 4 is 19.9 Å². The molecular formula is C12H20N2O5S2. The van der Waals surface area contributed by atoms with Gasteiger partial charge >= 0.3 is 0 Å². The van der Waals surface area contributed by atoms with Crippen molar-refractivity contribution in [3.63, 3.8) is 0 Å². The van der Waals surface area contributed by atoms with E-state index in [0.29, 0.717) is 18.3 Å². The van der Waals surface area contributed by atoms with E-state index in [9.17, 15) is 16.8 Å². The summed E-state index contributed by atoms with van der Waals surface area (Å²) < 4.78 is 54.1. The molecule has 0 spiro atoms. The van der Waals surface area contributed by atoms with Crippen molar-refractivity contribution in [2.45, 2.75) is 43.5 Å². The summed E-state index contributed by atoms with van der Waals surface area (Å²) in [5.74, 6) is 0.279. The van der Waals surface area contributed by atoms with Gasteiger partial charge in [0.05, 0.1) is 12.3 Å². The molecule has 0 bridgehead atoms. The number of hydrogen-bond acceptors (Lipinski definition) is 6. The summed E-state index contributed by atoms with van der Waals surface area (Å²) in [6, 6.07) is 2.76. The van der Waals surface area contributed by atoms with Crippen LogP contribution in [0.15, 0.2) is 21.6 Å². The highest BCUT2D eigenvalue weighted by atomic mass is 32.2. The molecular weight excluding hydrogens is 316 g/mol. The van der Waals surface area contributed by atoms with Crippen LogP contribution in [0.4, 0.5) is 0 Å². The molecule has 1 atom stereocenters. The molecule has 1 heterocycles. The molecule has 0 radical (unpaired) electrons. The van der Waals surface area contributed by atoms with Gasteiger partial charge in [0.2, 0.25) is 5.09 Å². The molecule has 2 rings (SSSR count). The summed E-state index contributed by atoms with van der Waals surface area (Å²) in [6.45, 7) is 1.98. The van der Waals surface area contributed by atoms with Gasteiger partial charge in [0.15, 0.2) is 0 Å². The topological polar surface area (TPSA) is 105 Å². The number of nitrogens with one attached hydrogen (secondary N) is 2. The van der Waals surface area contributed by atoms with Crippen LogP contribution in [0.3, 0.4) is 0 Å². The Bertz CT molecular complexity index is 689. The second-order valence-electron chi connectivity index (χ2n) is 5.49. The summed E-state index contributed by atoms with van der Waals surface area (Å²) in [6.07, 6.45) is 3.33. The lowest BCUT2D eigenvalue weighted by atomic mass is 10.4. The molecule has 9 heteroatoms. The molecule has 2 N–H and O–H groups in total. The Hall–Kier alpha value is -0.900. The van der Waals surface area contributed by atoms with Crippen LogP contribution in [0.1, 0.15) is 25.5 Å². The van der Waals surface area contributed by atoms with Crippen molar-refractivity contribution in [1.29, 1.82) is 0 Å². The predicted octanol–water partition coefficient (Wildman–Crippen LogP) is 0.243. The lowest BCUT2D eigenvalue weighted by Gasteiger charge is -2.11. The summed E-state index contributed by atoms with van der Waals surface area (Å²) in [4.78, 5) is 0. The van der Waals surface area contributed by atoms with E-state index in [0.717, 1.165) is 19.1 Å². The summed E-state index contributed by atoms with van der Waals surface area (Å²) in [5, 5.41) is 3.02. The molecule has 0 saturated heterocycles. The minimum atomic E-state index is -3.84. The normalized spacial score (nSPS) is 17.8. The van der Waals surface area contributed by atoms with Gasteiger partial charge in [-0.15, -0.1) is 0 Å². The lowest BCUT2D eigenvalue weighted by Crippen LogP contribution is -2.37. The van der Waals surface area contributed by atoms with Crippen LogP contribution >= 0.6 is 0 Å². The fraction of sp³-hybridized carbons (Fsp3) is 0.667. The molecule has 1 unspecified atom stereocenters. The maximum Gasteiger partial charge on any atom is 0.274 e. The highest BCUT2D eigenvalue weighted by Crippen LogP contribution is 2.20. The third-order valence-electron chi connectivity index (χ3n) is 2.95. The van der Waals surface area contributed by atoms with E-state index < -0.39 is 25.9 Å². The molecule has 21 heavy (non-hydrogen) atoms. The highest BCUT2D eigenvalue weighted by molar-refractivity contribution is 7.91. The Balaban J connectivity index is 1.97. The van der Waals surface area contributed by atoms with Crippen LogP contribution in [0, 0.1) is 0 Å². The monoisotopic (exact) mass is 336 g/mol. The third-order valence-corrected chi connectivity index (χ3v) is 5.52. The number of sulfonamides is 1. The average Bonchev–Trinajstić information content (AvgIpc) is 2.99. The smallest absolute Gasteiger partial charge is 0.274 e. The first-order chi connectivity index (χ1) is 9.66. The number of rotatable bonds is 8. The molecule has 1 aliphatic rings. The molecule has 120 valence electrons. The zero-order valence-corrected chi connectivity index (χ0v) is 13.6. The fourth-order valence-electron chi connectivity index (χ4n) is 1.94. The molecule has 1 aromatic heterocycles. The second kappa shape index (κ2) is 6.07. The van der Waals surface area contributed by atoms with Crippen molar-refractivity contribution in [2.75, 3.05) is 12.0 Å². The van der Waals surface area contributed by atoms with Gasteiger partial charge in [-0.3, -0.25) is 0 Å². The van der Waals surface area contributed by atoms with Gasteiger partial charge in [0.1, 0.15) is 15.6 Å². The van der Waals surface area contributed by atoms with Crippen LogP contribution in [-0.4, -0.2) is 40.9 Å². The molecule has 1 aliphatic carbocycles. The quantitative estimate of drug-likeness (QED) is 0.705. The van der Waals surface area contributed by atoms with Gasteiger partial charge in [0, 0.05) is 18.3 Å².